The van der Waals surface area contributed by atoms with E-state index in [9.17, 15) is 0 Å². The summed E-state index contributed by atoms with van der Waals surface area (Å²) in [6.07, 6.45) is 4.92. The highest BCUT2D eigenvalue weighted by molar-refractivity contribution is 5.28. The van der Waals surface area contributed by atoms with Crippen molar-refractivity contribution in [3.63, 3.8) is 0 Å². The predicted molar refractivity (Wildman–Crippen MR) is 67.5 cm³/mol. The Bertz CT molecular complexity index is 294. The Morgan fingerprint density at radius 3 is 2.44 bits per heavy atom. The fourth-order valence-corrected chi connectivity index (χ4v) is 1.39. The van der Waals surface area contributed by atoms with Crippen LogP contribution in [0.2, 0.25) is 0 Å². The molecule has 0 aromatic carbocycles. The Kier molecular flexibility index (Phi) is 5.19. The van der Waals surface area contributed by atoms with Crippen molar-refractivity contribution in [2.24, 2.45) is 5.92 Å². The first kappa shape index (κ1) is 12.9. The van der Waals surface area contributed by atoms with Crippen LogP contribution in [0.4, 0.5) is 5.95 Å². The van der Waals surface area contributed by atoms with Crippen molar-refractivity contribution < 1.29 is 0 Å². The summed E-state index contributed by atoms with van der Waals surface area (Å²) >= 11 is 0. The van der Waals surface area contributed by atoms with E-state index in [0.717, 1.165) is 31.0 Å². The number of anilines is 1. The third kappa shape index (κ3) is 4.14. The van der Waals surface area contributed by atoms with Crippen molar-refractivity contribution >= 4 is 5.95 Å². The molecular weight excluding hydrogens is 200 g/mol. The Morgan fingerprint density at radius 2 is 1.94 bits per heavy atom. The number of hydrogen-bond donors (Lipinski definition) is 1. The third-order valence-electron chi connectivity index (χ3n) is 2.46. The Hall–Kier alpha value is -1.16. The van der Waals surface area contributed by atoms with Crippen LogP contribution in [-0.4, -0.2) is 30.6 Å². The average Bonchev–Trinajstić information content (AvgIpc) is 2.27. The summed E-state index contributed by atoms with van der Waals surface area (Å²) in [6.45, 7) is 6.27. The van der Waals surface area contributed by atoms with Crippen molar-refractivity contribution in [3.05, 3.63) is 18.0 Å². The van der Waals surface area contributed by atoms with Gasteiger partial charge in [0.15, 0.2) is 0 Å². The highest BCUT2D eigenvalue weighted by atomic mass is 15.2. The summed E-state index contributed by atoms with van der Waals surface area (Å²) in [4.78, 5) is 10.8. The fourth-order valence-electron chi connectivity index (χ4n) is 1.39. The standard InChI is InChI=1S/C12H22N4/c1-10(2)5-6-16(4)12-14-8-11(7-13-3)9-15-12/h8-10,13H,5-7H2,1-4H3. The van der Waals surface area contributed by atoms with E-state index in [-0.39, 0.29) is 0 Å². The van der Waals surface area contributed by atoms with Gasteiger partial charge < -0.3 is 10.2 Å². The quantitative estimate of drug-likeness (QED) is 0.795. The van der Waals surface area contributed by atoms with Crippen molar-refractivity contribution in [1.82, 2.24) is 15.3 Å². The minimum atomic E-state index is 0.714. The number of nitrogens with zero attached hydrogens (tertiary/aromatic N) is 3. The van der Waals surface area contributed by atoms with Gasteiger partial charge in [-0.15, -0.1) is 0 Å². The zero-order valence-corrected chi connectivity index (χ0v) is 10.7. The molecule has 0 aliphatic rings. The van der Waals surface area contributed by atoms with Gasteiger partial charge >= 0.3 is 0 Å². The van der Waals surface area contributed by atoms with Gasteiger partial charge in [-0.2, -0.15) is 0 Å². The smallest absolute Gasteiger partial charge is 0.224 e. The molecule has 0 fully saturated rings. The first-order valence-electron chi connectivity index (χ1n) is 5.80. The van der Waals surface area contributed by atoms with Crippen LogP contribution >= 0.6 is 0 Å². The van der Waals surface area contributed by atoms with E-state index in [1.165, 1.54) is 0 Å². The van der Waals surface area contributed by atoms with Gasteiger partial charge in [-0.05, 0) is 19.4 Å². The Balaban J connectivity index is 2.52. The van der Waals surface area contributed by atoms with Crippen LogP contribution in [-0.2, 0) is 6.54 Å². The van der Waals surface area contributed by atoms with Crippen molar-refractivity contribution in [3.8, 4) is 0 Å². The van der Waals surface area contributed by atoms with Gasteiger partial charge in [-0.3, -0.25) is 0 Å². The molecule has 0 aliphatic heterocycles. The highest BCUT2D eigenvalue weighted by Crippen LogP contribution is 2.08. The lowest BCUT2D eigenvalue weighted by atomic mass is 10.1. The van der Waals surface area contributed by atoms with E-state index < -0.39 is 0 Å². The lowest BCUT2D eigenvalue weighted by Gasteiger charge is -2.18. The van der Waals surface area contributed by atoms with Gasteiger partial charge in [0, 0.05) is 38.1 Å². The average molecular weight is 222 g/mol. The SMILES string of the molecule is CNCc1cnc(N(C)CCC(C)C)nc1. The zero-order valence-electron chi connectivity index (χ0n) is 10.7. The van der Waals surface area contributed by atoms with Crippen LogP contribution in [0.3, 0.4) is 0 Å². The molecule has 1 rings (SSSR count). The maximum absolute atomic E-state index is 4.35. The molecule has 1 N–H and O–H groups in total. The molecule has 16 heavy (non-hydrogen) atoms. The van der Waals surface area contributed by atoms with Gasteiger partial charge in [0.25, 0.3) is 0 Å². The fraction of sp³-hybridized carbons (Fsp3) is 0.667. The molecule has 0 atom stereocenters. The molecule has 1 aromatic heterocycles. The zero-order chi connectivity index (χ0) is 12.0. The molecule has 0 radical (unpaired) electrons. The van der Waals surface area contributed by atoms with Crippen LogP contribution < -0.4 is 10.2 Å². The van der Waals surface area contributed by atoms with Gasteiger partial charge in [0.05, 0.1) is 0 Å². The minimum absolute atomic E-state index is 0.714. The first-order chi connectivity index (χ1) is 7.63. The topological polar surface area (TPSA) is 41.1 Å². The van der Waals surface area contributed by atoms with Crippen LogP contribution in [0, 0.1) is 5.92 Å². The summed E-state index contributed by atoms with van der Waals surface area (Å²) in [5.41, 5.74) is 1.11. The van der Waals surface area contributed by atoms with Gasteiger partial charge in [-0.1, -0.05) is 13.8 Å². The minimum Gasteiger partial charge on any atom is -0.344 e. The normalized spacial score (nSPS) is 10.8. The van der Waals surface area contributed by atoms with Crippen molar-refractivity contribution in [1.29, 1.82) is 0 Å². The molecule has 0 unspecified atom stereocenters. The maximum atomic E-state index is 4.35. The van der Waals surface area contributed by atoms with Gasteiger partial charge in [-0.25, -0.2) is 9.97 Å². The summed E-state index contributed by atoms with van der Waals surface area (Å²) in [5, 5.41) is 3.08. The maximum Gasteiger partial charge on any atom is 0.224 e. The number of rotatable bonds is 6. The number of aromatic nitrogens is 2. The molecule has 0 spiro atoms. The highest BCUT2D eigenvalue weighted by Gasteiger charge is 2.04. The van der Waals surface area contributed by atoms with Crippen LogP contribution in [0.25, 0.3) is 0 Å². The molecule has 0 saturated heterocycles. The summed E-state index contributed by atoms with van der Waals surface area (Å²) in [6, 6.07) is 0. The van der Waals surface area contributed by atoms with Crippen LogP contribution in [0.5, 0.6) is 0 Å². The van der Waals surface area contributed by atoms with E-state index in [2.05, 4.69) is 34.0 Å². The molecule has 1 aromatic rings. The Labute approximate surface area is 98.1 Å². The van der Waals surface area contributed by atoms with Crippen LogP contribution in [0.1, 0.15) is 25.8 Å². The van der Waals surface area contributed by atoms with E-state index >= 15 is 0 Å². The monoisotopic (exact) mass is 222 g/mol. The van der Waals surface area contributed by atoms with Gasteiger partial charge in [0.2, 0.25) is 5.95 Å². The molecular formula is C12H22N4. The summed E-state index contributed by atoms with van der Waals surface area (Å²) in [7, 11) is 3.96. The number of nitrogens with one attached hydrogen (secondary N) is 1. The van der Waals surface area contributed by atoms with Crippen molar-refractivity contribution in [2.75, 3.05) is 25.5 Å². The van der Waals surface area contributed by atoms with Crippen LogP contribution in [0.15, 0.2) is 12.4 Å². The predicted octanol–water partition coefficient (Wildman–Crippen LogP) is 1.68. The molecule has 90 valence electrons. The van der Waals surface area contributed by atoms with E-state index in [1.54, 1.807) is 0 Å². The largest absolute Gasteiger partial charge is 0.344 e. The molecule has 0 aliphatic carbocycles. The second kappa shape index (κ2) is 6.43. The first-order valence-corrected chi connectivity index (χ1v) is 5.80. The summed E-state index contributed by atoms with van der Waals surface area (Å²) < 4.78 is 0. The molecule has 1 heterocycles. The third-order valence-corrected chi connectivity index (χ3v) is 2.46. The molecule has 4 nitrogen and oxygen atoms in total. The molecule has 0 saturated carbocycles. The number of hydrogen-bond acceptors (Lipinski definition) is 4. The van der Waals surface area contributed by atoms with Gasteiger partial charge in [0.1, 0.15) is 0 Å². The second-order valence-corrected chi connectivity index (χ2v) is 4.53. The van der Waals surface area contributed by atoms with E-state index in [1.807, 2.05) is 26.5 Å². The second-order valence-electron chi connectivity index (χ2n) is 4.53. The van der Waals surface area contributed by atoms with E-state index in [0.29, 0.717) is 5.92 Å². The summed E-state index contributed by atoms with van der Waals surface area (Å²) in [5.74, 6) is 1.52. The molecule has 4 heteroatoms. The lowest BCUT2D eigenvalue weighted by molar-refractivity contribution is 0.581. The lowest BCUT2D eigenvalue weighted by Crippen LogP contribution is -2.22. The molecule has 0 bridgehead atoms. The van der Waals surface area contributed by atoms with E-state index in [4.69, 9.17) is 0 Å². The van der Waals surface area contributed by atoms with Crippen molar-refractivity contribution in [2.45, 2.75) is 26.8 Å². The molecule has 0 amide bonds. The Morgan fingerprint density at radius 1 is 1.31 bits per heavy atom.